The molecule has 0 atom stereocenters. The second kappa shape index (κ2) is 9.21. The van der Waals surface area contributed by atoms with E-state index in [9.17, 15) is 0 Å². The number of halogens is 4. The molecule has 3 aromatic rings. The molecule has 3 rings (SSSR count). The summed E-state index contributed by atoms with van der Waals surface area (Å²) in [5.74, 6) is 0. The van der Waals surface area contributed by atoms with Gasteiger partial charge in [-0.05, 0) is 0 Å². The van der Waals surface area contributed by atoms with E-state index >= 15 is 0 Å². The Balaban J connectivity index is 1.86. The average molecular weight is 531 g/mol. The van der Waals surface area contributed by atoms with Gasteiger partial charge in [-0.25, -0.2) is 0 Å². The van der Waals surface area contributed by atoms with Crippen molar-refractivity contribution < 1.29 is 0 Å². The van der Waals surface area contributed by atoms with Gasteiger partial charge in [0.2, 0.25) is 0 Å². The van der Waals surface area contributed by atoms with Gasteiger partial charge in [0, 0.05) is 0 Å². The van der Waals surface area contributed by atoms with E-state index in [0.29, 0.717) is 0 Å². The molecule has 0 nitrogen and oxygen atoms in total. The van der Waals surface area contributed by atoms with Crippen LogP contribution in [-0.4, -0.2) is 17.3 Å². The maximum absolute atomic E-state index is 7.37. The summed E-state index contributed by atoms with van der Waals surface area (Å²) in [5.41, 5.74) is 3.76. The first-order valence-corrected chi connectivity index (χ1v) is 19.1. The van der Waals surface area contributed by atoms with Crippen LogP contribution in [0.2, 0.25) is 15.1 Å². The Labute approximate surface area is 177 Å². The predicted molar refractivity (Wildman–Crippen MR) is 117 cm³/mol. The zero-order valence-corrected chi connectivity index (χ0v) is 19.9. The second-order valence-corrected chi connectivity index (χ2v) is 22.8. The molecule has 5 heteroatoms. The summed E-state index contributed by atoms with van der Waals surface area (Å²) in [6.45, 7) is 0. The topological polar surface area (TPSA) is 0 Å². The van der Waals surface area contributed by atoms with Crippen LogP contribution in [0.1, 0.15) is 16.7 Å². The number of benzene rings is 3. The normalized spacial score (nSPS) is 11.5. The molecular formula is C21H18Cl4Sn. The molecule has 0 aliphatic carbocycles. The minimum absolute atomic E-state index is 0.750. The van der Waals surface area contributed by atoms with Gasteiger partial charge in [0.25, 0.3) is 0 Å². The fraction of sp³-hybridized carbons (Fsp3) is 0.143. The summed E-state index contributed by atoms with van der Waals surface area (Å²) in [7, 11) is 7.37. The van der Waals surface area contributed by atoms with E-state index in [-0.39, 0.29) is 0 Å². The van der Waals surface area contributed by atoms with Gasteiger partial charge < -0.3 is 0 Å². The predicted octanol–water partition coefficient (Wildman–Crippen LogP) is 7.48. The monoisotopic (exact) mass is 530 g/mol. The molecule has 0 saturated carbocycles. The van der Waals surface area contributed by atoms with E-state index in [1.54, 1.807) is 0 Å². The van der Waals surface area contributed by atoms with Gasteiger partial charge in [0.15, 0.2) is 0 Å². The Morgan fingerprint density at radius 2 is 0.692 bits per heavy atom. The van der Waals surface area contributed by atoms with Crippen molar-refractivity contribution in [2.45, 2.75) is 13.3 Å². The quantitative estimate of drug-likeness (QED) is 0.290. The van der Waals surface area contributed by atoms with Gasteiger partial charge in [0.1, 0.15) is 0 Å². The molecule has 0 aliphatic heterocycles. The van der Waals surface area contributed by atoms with Crippen LogP contribution in [0.4, 0.5) is 0 Å². The SMILES string of the molecule is Clc1ccc([CH2][Sn]([Cl])([CH2]c2ccc(Cl)cc2)[CH2]c2ccc(Cl)cc2)cc1. The Morgan fingerprint density at radius 3 is 0.923 bits per heavy atom. The number of rotatable bonds is 6. The molecule has 0 aromatic heterocycles. The molecule has 0 spiro atoms. The van der Waals surface area contributed by atoms with E-state index < -0.39 is 17.3 Å². The second-order valence-electron chi connectivity index (χ2n) is 6.56. The van der Waals surface area contributed by atoms with Gasteiger partial charge >= 0.3 is 179 Å². The van der Waals surface area contributed by atoms with Gasteiger partial charge in [-0.2, -0.15) is 0 Å². The van der Waals surface area contributed by atoms with Gasteiger partial charge in [-0.1, -0.05) is 0 Å². The Hall–Kier alpha value is -0.381. The molecule has 134 valence electrons. The Bertz CT molecular complexity index is 727. The third kappa shape index (κ3) is 6.07. The maximum atomic E-state index is 7.37. The minimum atomic E-state index is -3.06. The molecule has 0 aliphatic rings. The molecule has 0 N–H and O–H groups in total. The molecular weight excluding hydrogens is 513 g/mol. The molecule has 0 fully saturated rings. The van der Waals surface area contributed by atoms with Crippen molar-refractivity contribution in [3.05, 3.63) is 105 Å². The molecule has 0 amide bonds. The molecule has 26 heavy (non-hydrogen) atoms. The van der Waals surface area contributed by atoms with Crippen LogP contribution in [0.5, 0.6) is 0 Å². The molecule has 0 unspecified atom stereocenters. The van der Waals surface area contributed by atoms with Crippen LogP contribution in [0.3, 0.4) is 0 Å². The first-order chi connectivity index (χ1) is 12.4. The molecule has 0 saturated heterocycles. The van der Waals surface area contributed by atoms with Crippen molar-refractivity contribution in [3.8, 4) is 0 Å². The van der Waals surface area contributed by atoms with Crippen molar-refractivity contribution in [3.63, 3.8) is 0 Å². The van der Waals surface area contributed by atoms with Gasteiger partial charge in [-0.15, -0.1) is 0 Å². The van der Waals surface area contributed by atoms with Crippen LogP contribution < -0.4 is 0 Å². The molecule has 0 heterocycles. The van der Waals surface area contributed by atoms with E-state index in [0.717, 1.165) is 28.4 Å². The van der Waals surface area contributed by atoms with E-state index in [1.807, 2.05) is 36.4 Å². The van der Waals surface area contributed by atoms with E-state index in [1.165, 1.54) is 16.7 Å². The Morgan fingerprint density at radius 1 is 0.462 bits per heavy atom. The van der Waals surface area contributed by atoms with Crippen LogP contribution in [0.15, 0.2) is 72.8 Å². The van der Waals surface area contributed by atoms with Gasteiger partial charge in [-0.3, -0.25) is 0 Å². The van der Waals surface area contributed by atoms with Crippen LogP contribution in [0, 0.1) is 0 Å². The zero-order chi connectivity index (χ0) is 18.6. The van der Waals surface area contributed by atoms with Gasteiger partial charge in [0.05, 0.1) is 0 Å². The van der Waals surface area contributed by atoms with Crippen LogP contribution >= 0.6 is 43.7 Å². The first kappa shape index (κ1) is 20.4. The molecule has 3 aromatic carbocycles. The molecule has 0 bridgehead atoms. The third-order valence-electron chi connectivity index (χ3n) is 4.30. The summed E-state index contributed by atoms with van der Waals surface area (Å²) in [5, 5.41) is 2.25. The van der Waals surface area contributed by atoms with E-state index in [2.05, 4.69) is 36.4 Å². The van der Waals surface area contributed by atoms with Crippen molar-refractivity contribution >= 4 is 61.0 Å². The zero-order valence-electron chi connectivity index (χ0n) is 14.1. The fourth-order valence-electron chi connectivity index (χ4n) is 3.09. The van der Waals surface area contributed by atoms with Crippen LogP contribution in [0.25, 0.3) is 0 Å². The van der Waals surface area contributed by atoms with Crippen LogP contribution in [-0.2, 0) is 13.3 Å². The van der Waals surface area contributed by atoms with Crippen molar-refractivity contribution in [1.82, 2.24) is 0 Å². The summed E-state index contributed by atoms with van der Waals surface area (Å²) >= 11 is 15.0. The van der Waals surface area contributed by atoms with E-state index in [4.69, 9.17) is 43.7 Å². The summed E-state index contributed by atoms with van der Waals surface area (Å²) in [6, 6.07) is 24.1. The third-order valence-corrected chi connectivity index (χ3v) is 16.7. The number of hydrogen-bond donors (Lipinski definition) is 0. The summed E-state index contributed by atoms with van der Waals surface area (Å²) < 4.78 is 2.83. The Kier molecular flexibility index (Phi) is 7.21. The van der Waals surface area contributed by atoms with Crippen molar-refractivity contribution in [2.75, 3.05) is 0 Å². The fourth-order valence-corrected chi connectivity index (χ4v) is 15.9. The van der Waals surface area contributed by atoms with Crippen molar-refractivity contribution in [1.29, 1.82) is 0 Å². The average Bonchev–Trinajstić information content (AvgIpc) is 2.61. The summed E-state index contributed by atoms with van der Waals surface area (Å²) in [6.07, 6.45) is 0. The number of hydrogen-bond acceptors (Lipinski definition) is 0. The standard InChI is InChI=1S/3C7H6Cl.ClH.Sn/c3*1-6-2-4-7(8)5-3-6;;/h3*2-5H,1H2;1H;/q;;;;+1/p-1. The first-order valence-electron chi connectivity index (χ1n) is 8.34. The summed E-state index contributed by atoms with van der Waals surface area (Å²) in [4.78, 5) is 0. The van der Waals surface area contributed by atoms with Crippen molar-refractivity contribution in [2.24, 2.45) is 0 Å². The molecule has 0 radical (unpaired) electrons.